The van der Waals surface area contributed by atoms with Crippen LogP contribution in [0.3, 0.4) is 0 Å². The summed E-state index contributed by atoms with van der Waals surface area (Å²) in [6.45, 7) is 8.89. The predicted molar refractivity (Wildman–Crippen MR) is 103 cm³/mol. The summed E-state index contributed by atoms with van der Waals surface area (Å²) >= 11 is 0. The first kappa shape index (κ1) is 17.8. The fraction of sp³-hybridized carbons (Fsp3) is 0.955. The molecule has 0 aromatic rings. The molecule has 4 aliphatic carbocycles. The number of nitrogens with zero attached hydrogens (tertiary/aromatic N) is 1. The second kappa shape index (κ2) is 6.55. The van der Waals surface area contributed by atoms with E-state index in [0.717, 1.165) is 36.0 Å². The molecule has 0 aromatic heterocycles. The Balaban J connectivity index is 1.50. The maximum Gasteiger partial charge on any atom is 0.129 e. The average Bonchev–Trinajstić information content (AvgIpc) is 2.90. The van der Waals surface area contributed by atoms with E-state index in [1.165, 1.54) is 57.1 Å². The standard InChI is InChI=1S/C22H38N2O/c1-15-4-7-19-18-6-5-16-14-17(24-25-13-12-23)8-10-22(16,3)20(18)9-11-21(15,19)2/h15-16,18-20H,4-14,23H2,1-3H3/t15-,16?,18?,19?,20?,21-,22+/m1/s1. The maximum absolute atomic E-state index is 5.51. The normalized spacial score (nSPS) is 50.9. The van der Waals surface area contributed by atoms with Crippen LogP contribution in [-0.4, -0.2) is 18.9 Å². The summed E-state index contributed by atoms with van der Waals surface area (Å²) in [4.78, 5) is 5.39. The SMILES string of the molecule is C[C@@H]1CCC2C3CCC4CC(=NOCCN)CC[C@]4(C)C3CC[C@@]21C. The zero-order valence-corrected chi connectivity index (χ0v) is 16.6. The third-order valence-electron chi connectivity index (χ3n) is 9.38. The lowest BCUT2D eigenvalue weighted by Crippen LogP contribution is -2.53. The molecule has 4 fully saturated rings. The molecule has 4 unspecified atom stereocenters. The topological polar surface area (TPSA) is 47.6 Å². The Morgan fingerprint density at radius 3 is 2.64 bits per heavy atom. The first-order chi connectivity index (χ1) is 12.0. The average molecular weight is 347 g/mol. The quantitative estimate of drug-likeness (QED) is 0.577. The van der Waals surface area contributed by atoms with Crippen LogP contribution in [0.25, 0.3) is 0 Å². The highest BCUT2D eigenvalue weighted by Crippen LogP contribution is 2.67. The smallest absolute Gasteiger partial charge is 0.129 e. The lowest BCUT2D eigenvalue weighted by molar-refractivity contribution is -0.0994. The molecule has 3 heteroatoms. The van der Waals surface area contributed by atoms with E-state index in [-0.39, 0.29) is 0 Å². The van der Waals surface area contributed by atoms with Crippen molar-refractivity contribution in [1.82, 2.24) is 0 Å². The third kappa shape index (κ3) is 2.76. The Morgan fingerprint density at radius 1 is 1.04 bits per heavy atom. The van der Waals surface area contributed by atoms with E-state index >= 15 is 0 Å². The van der Waals surface area contributed by atoms with Crippen molar-refractivity contribution in [3.05, 3.63) is 0 Å². The molecular formula is C22H38N2O. The Hall–Kier alpha value is -0.570. The molecule has 7 atom stereocenters. The van der Waals surface area contributed by atoms with Crippen molar-refractivity contribution >= 4 is 5.71 Å². The molecule has 3 nitrogen and oxygen atoms in total. The highest BCUT2D eigenvalue weighted by atomic mass is 16.6. The molecule has 4 aliphatic rings. The zero-order valence-electron chi connectivity index (χ0n) is 16.6. The monoisotopic (exact) mass is 346 g/mol. The van der Waals surface area contributed by atoms with Gasteiger partial charge in [-0.25, -0.2) is 0 Å². The minimum absolute atomic E-state index is 0.545. The summed E-state index contributed by atoms with van der Waals surface area (Å²) in [6, 6.07) is 0. The molecule has 25 heavy (non-hydrogen) atoms. The van der Waals surface area contributed by atoms with Crippen LogP contribution < -0.4 is 5.73 Å². The van der Waals surface area contributed by atoms with E-state index in [2.05, 4.69) is 25.9 Å². The molecule has 2 N–H and O–H groups in total. The highest BCUT2D eigenvalue weighted by Gasteiger charge is 2.59. The minimum Gasteiger partial charge on any atom is -0.395 e. The molecule has 4 saturated carbocycles. The van der Waals surface area contributed by atoms with E-state index in [1.54, 1.807) is 0 Å². The fourth-order valence-electron chi connectivity index (χ4n) is 7.60. The van der Waals surface area contributed by atoms with E-state index in [9.17, 15) is 0 Å². The van der Waals surface area contributed by atoms with Crippen molar-refractivity contribution in [1.29, 1.82) is 0 Å². The Labute approximate surface area is 154 Å². The first-order valence-corrected chi connectivity index (χ1v) is 10.9. The van der Waals surface area contributed by atoms with Crippen LogP contribution in [0.1, 0.15) is 78.6 Å². The molecule has 4 rings (SSSR count). The number of fused-ring (bicyclic) bond motifs is 5. The van der Waals surface area contributed by atoms with Gasteiger partial charge in [-0.15, -0.1) is 0 Å². The summed E-state index contributed by atoms with van der Waals surface area (Å²) < 4.78 is 0. The maximum atomic E-state index is 5.51. The lowest BCUT2D eigenvalue weighted by atomic mass is 9.45. The van der Waals surface area contributed by atoms with Gasteiger partial charge in [0.2, 0.25) is 0 Å². The van der Waals surface area contributed by atoms with Gasteiger partial charge in [0.25, 0.3) is 0 Å². The van der Waals surface area contributed by atoms with Gasteiger partial charge < -0.3 is 10.6 Å². The summed E-state index contributed by atoms with van der Waals surface area (Å²) in [5.74, 6) is 4.72. The number of oxime groups is 1. The minimum atomic E-state index is 0.545. The van der Waals surface area contributed by atoms with Crippen LogP contribution in [-0.2, 0) is 4.84 Å². The molecule has 0 spiro atoms. The second-order valence-electron chi connectivity index (χ2n) is 10.2. The fourth-order valence-corrected chi connectivity index (χ4v) is 7.60. The first-order valence-electron chi connectivity index (χ1n) is 10.9. The van der Waals surface area contributed by atoms with E-state index in [1.807, 2.05) is 0 Å². The Kier molecular flexibility index (Phi) is 4.67. The second-order valence-corrected chi connectivity index (χ2v) is 10.2. The summed E-state index contributed by atoms with van der Waals surface area (Å²) in [5, 5.41) is 4.41. The molecule has 0 saturated heterocycles. The van der Waals surface area contributed by atoms with Crippen LogP contribution in [0, 0.1) is 40.4 Å². The van der Waals surface area contributed by atoms with Crippen molar-refractivity contribution in [2.45, 2.75) is 78.6 Å². The number of hydrogen-bond donors (Lipinski definition) is 1. The molecule has 0 amide bonds. The number of nitrogens with two attached hydrogens (primary N) is 1. The van der Waals surface area contributed by atoms with Crippen molar-refractivity contribution in [3.63, 3.8) is 0 Å². The van der Waals surface area contributed by atoms with Gasteiger partial charge in [0.1, 0.15) is 6.61 Å². The lowest BCUT2D eigenvalue weighted by Gasteiger charge is -2.60. The van der Waals surface area contributed by atoms with Crippen LogP contribution in [0.2, 0.25) is 0 Å². The summed E-state index contributed by atoms with van der Waals surface area (Å²) in [5.41, 5.74) is 7.99. The van der Waals surface area contributed by atoms with Gasteiger partial charge >= 0.3 is 0 Å². The van der Waals surface area contributed by atoms with Crippen molar-refractivity contribution in [3.8, 4) is 0 Å². The van der Waals surface area contributed by atoms with Gasteiger partial charge in [0, 0.05) is 6.54 Å². The Morgan fingerprint density at radius 2 is 1.84 bits per heavy atom. The van der Waals surface area contributed by atoms with Crippen LogP contribution >= 0.6 is 0 Å². The van der Waals surface area contributed by atoms with Crippen LogP contribution in [0.4, 0.5) is 0 Å². The number of hydrogen-bond acceptors (Lipinski definition) is 3. The molecule has 0 radical (unpaired) electrons. The van der Waals surface area contributed by atoms with Gasteiger partial charge in [0.15, 0.2) is 0 Å². The highest BCUT2D eigenvalue weighted by molar-refractivity contribution is 5.85. The van der Waals surface area contributed by atoms with Gasteiger partial charge in [0.05, 0.1) is 5.71 Å². The molecule has 0 bridgehead atoms. The van der Waals surface area contributed by atoms with Gasteiger partial charge in [-0.3, -0.25) is 0 Å². The summed E-state index contributed by atoms with van der Waals surface area (Å²) in [7, 11) is 0. The van der Waals surface area contributed by atoms with Gasteiger partial charge in [-0.05, 0) is 98.2 Å². The predicted octanol–water partition coefficient (Wildman–Crippen LogP) is 5.00. The van der Waals surface area contributed by atoms with Gasteiger partial charge in [-0.1, -0.05) is 25.9 Å². The molecule has 0 aliphatic heterocycles. The molecule has 142 valence electrons. The Bertz CT molecular complexity index is 532. The van der Waals surface area contributed by atoms with E-state index in [0.29, 0.717) is 24.0 Å². The van der Waals surface area contributed by atoms with Gasteiger partial charge in [-0.2, -0.15) is 0 Å². The van der Waals surface area contributed by atoms with Crippen molar-refractivity contribution in [2.75, 3.05) is 13.2 Å². The van der Waals surface area contributed by atoms with E-state index < -0.39 is 0 Å². The van der Waals surface area contributed by atoms with Crippen LogP contribution in [0.5, 0.6) is 0 Å². The van der Waals surface area contributed by atoms with Crippen molar-refractivity contribution < 1.29 is 4.84 Å². The molecule has 0 aromatic carbocycles. The van der Waals surface area contributed by atoms with E-state index in [4.69, 9.17) is 10.6 Å². The molecule has 0 heterocycles. The van der Waals surface area contributed by atoms with Crippen LogP contribution in [0.15, 0.2) is 5.16 Å². The van der Waals surface area contributed by atoms with Crippen molar-refractivity contribution in [2.24, 2.45) is 51.3 Å². The zero-order chi connectivity index (χ0) is 17.7. The third-order valence-corrected chi connectivity index (χ3v) is 9.38. The molecular weight excluding hydrogens is 308 g/mol. The number of rotatable bonds is 3. The largest absolute Gasteiger partial charge is 0.395 e. The summed E-state index contributed by atoms with van der Waals surface area (Å²) in [6.07, 6.45) is 12.4.